The summed E-state index contributed by atoms with van der Waals surface area (Å²) in [7, 11) is 1.60. The molecule has 6 heteroatoms. The molecule has 2 aliphatic rings. The fourth-order valence-electron chi connectivity index (χ4n) is 2.72. The molecule has 2 rings (SSSR count). The topological polar surface area (TPSA) is 84.9 Å². The second-order valence-electron chi connectivity index (χ2n) is 5.40. The summed E-state index contributed by atoms with van der Waals surface area (Å²) in [5.74, 6) is -2.28. The molecule has 0 aromatic carbocycles. The van der Waals surface area contributed by atoms with Crippen molar-refractivity contribution in [1.29, 1.82) is 0 Å². The van der Waals surface area contributed by atoms with Gasteiger partial charge in [-0.25, -0.2) is 0 Å². The number of carboxylic acid groups (broad SMARTS) is 1. The third-order valence-corrected chi connectivity index (χ3v) is 4.17. The van der Waals surface area contributed by atoms with E-state index in [4.69, 9.17) is 9.47 Å². The van der Waals surface area contributed by atoms with Crippen LogP contribution in [0.15, 0.2) is 12.2 Å². The Bertz CT molecular complexity index is 400. The molecular formula is C14H21NO5. The van der Waals surface area contributed by atoms with Crippen LogP contribution in [0.1, 0.15) is 19.3 Å². The first-order valence-corrected chi connectivity index (χ1v) is 6.86. The molecule has 20 heavy (non-hydrogen) atoms. The summed E-state index contributed by atoms with van der Waals surface area (Å²) >= 11 is 0. The van der Waals surface area contributed by atoms with Gasteiger partial charge in [0.05, 0.1) is 18.4 Å². The summed E-state index contributed by atoms with van der Waals surface area (Å²) in [4.78, 5) is 23.4. The lowest BCUT2D eigenvalue weighted by molar-refractivity contribution is -0.147. The van der Waals surface area contributed by atoms with Crippen molar-refractivity contribution in [2.45, 2.75) is 24.9 Å². The van der Waals surface area contributed by atoms with Gasteiger partial charge in [0.25, 0.3) is 0 Å². The molecule has 0 aromatic heterocycles. The first-order valence-electron chi connectivity index (χ1n) is 6.86. The van der Waals surface area contributed by atoms with Crippen molar-refractivity contribution in [3.05, 3.63) is 12.2 Å². The van der Waals surface area contributed by atoms with E-state index in [1.807, 2.05) is 12.2 Å². The van der Waals surface area contributed by atoms with Crippen molar-refractivity contribution in [3.63, 3.8) is 0 Å². The number of ether oxygens (including phenoxy) is 2. The van der Waals surface area contributed by atoms with Gasteiger partial charge in [-0.2, -0.15) is 0 Å². The molecule has 3 unspecified atom stereocenters. The van der Waals surface area contributed by atoms with E-state index < -0.39 is 23.4 Å². The van der Waals surface area contributed by atoms with Gasteiger partial charge in [0.15, 0.2) is 0 Å². The number of allylic oxidation sites excluding steroid dienone is 2. The lowest BCUT2D eigenvalue weighted by atomic mass is 9.82. The standard InChI is InChI=1S/C14H21NO5/c1-19-14(6-7-20-9-14)8-15-12(16)10-4-2-3-5-11(10)13(17)18/h2-3,10-11H,4-9H2,1H3,(H,15,16)(H,17,18). The molecule has 2 N–H and O–H groups in total. The zero-order valence-electron chi connectivity index (χ0n) is 11.6. The van der Waals surface area contributed by atoms with Crippen LogP contribution in [0.5, 0.6) is 0 Å². The second kappa shape index (κ2) is 6.37. The van der Waals surface area contributed by atoms with Crippen LogP contribution in [0, 0.1) is 11.8 Å². The van der Waals surface area contributed by atoms with E-state index in [0.29, 0.717) is 32.6 Å². The average Bonchev–Trinajstić information content (AvgIpc) is 2.94. The van der Waals surface area contributed by atoms with Crippen molar-refractivity contribution in [3.8, 4) is 0 Å². The predicted octanol–water partition coefficient (Wildman–Crippen LogP) is 0.575. The zero-order valence-corrected chi connectivity index (χ0v) is 11.6. The molecular weight excluding hydrogens is 262 g/mol. The number of carboxylic acids is 1. The number of hydrogen-bond acceptors (Lipinski definition) is 4. The van der Waals surface area contributed by atoms with Crippen LogP contribution in [-0.4, -0.2) is 49.5 Å². The number of methoxy groups -OCH3 is 1. The van der Waals surface area contributed by atoms with Gasteiger partial charge in [0.1, 0.15) is 5.60 Å². The molecule has 112 valence electrons. The highest BCUT2D eigenvalue weighted by atomic mass is 16.5. The maximum absolute atomic E-state index is 12.2. The Labute approximate surface area is 118 Å². The van der Waals surface area contributed by atoms with Crippen molar-refractivity contribution >= 4 is 11.9 Å². The summed E-state index contributed by atoms with van der Waals surface area (Å²) in [5.41, 5.74) is -0.473. The largest absolute Gasteiger partial charge is 0.481 e. The average molecular weight is 283 g/mol. The highest BCUT2D eigenvalue weighted by molar-refractivity contribution is 5.85. The highest BCUT2D eigenvalue weighted by Crippen LogP contribution is 2.27. The summed E-state index contributed by atoms with van der Waals surface area (Å²) < 4.78 is 10.7. The molecule has 1 aliphatic heterocycles. The van der Waals surface area contributed by atoms with Crippen molar-refractivity contribution < 1.29 is 24.2 Å². The van der Waals surface area contributed by atoms with Gasteiger partial charge in [-0.05, 0) is 12.8 Å². The molecule has 0 aromatic rings. The van der Waals surface area contributed by atoms with Gasteiger partial charge in [-0.15, -0.1) is 0 Å². The number of aliphatic carboxylic acids is 1. The van der Waals surface area contributed by atoms with E-state index in [1.54, 1.807) is 7.11 Å². The Kier molecular flexibility index (Phi) is 4.77. The molecule has 1 amide bonds. The molecule has 3 atom stereocenters. The minimum absolute atomic E-state index is 0.218. The quantitative estimate of drug-likeness (QED) is 0.721. The summed E-state index contributed by atoms with van der Waals surface area (Å²) in [5, 5.41) is 12.0. The van der Waals surface area contributed by atoms with Gasteiger partial charge in [-0.1, -0.05) is 12.2 Å². The number of nitrogens with one attached hydrogen (secondary N) is 1. The Hall–Kier alpha value is -1.40. The van der Waals surface area contributed by atoms with Gasteiger partial charge in [0, 0.05) is 26.7 Å². The van der Waals surface area contributed by atoms with Crippen molar-refractivity contribution in [2.24, 2.45) is 11.8 Å². The third kappa shape index (κ3) is 3.19. The van der Waals surface area contributed by atoms with E-state index in [2.05, 4.69) is 5.32 Å². The van der Waals surface area contributed by atoms with Gasteiger partial charge < -0.3 is 19.9 Å². The number of carbonyl (C=O) groups is 2. The molecule has 1 heterocycles. The summed E-state index contributed by atoms with van der Waals surface area (Å²) in [6.45, 7) is 1.43. The molecule has 0 bridgehead atoms. The maximum Gasteiger partial charge on any atom is 0.307 e. The Balaban J connectivity index is 1.93. The molecule has 0 spiro atoms. The summed E-state index contributed by atoms with van der Waals surface area (Å²) in [6, 6.07) is 0. The summed E-state index contributed by atoms with van der Waals surface area (Å²) in [6.07, 6.45) is 5.31. The Morgan fingerprint density at radius 2 is 2.10 bits per heavy atom. The van der Waals surface area contributed by atoms with Crippen LogP contribution in [-0.2, 0) is 19.1 Å². The maximum atomic E-state index is 12.2. The van der Waals surface area contributed by atoms with E-state index in [9.17, 15) is 14.7 Å². The lowest BCUT2D eigenvalue weighted by Crippen LogP contribution is -2.48. The first-order chi connectivity index (χ1) is 9.58. The molecule has 6 nitrogen and oxygen atoms in total. The zero-order chi connectivity index (χ0) is 14.6. The van der Waals surface area contributed by atoms with Crippen LogP contribution < -0.4 is 5.32 Å². The number of rotatable bonds is 5. The van der Waals surface area contributed by atoms with E-state index in [0.717, 1.165) is 6.42 Å². The molecule has 0 radical (unpaired) electrons. The SMILES string of the molecule is COC1(CNC(=O)C2CC=CCC2C(=O)O)CCOC1. The van der Waals surface area contributed by atoms with Crippen LogP contribution in [0.4, 0.5) is 0 Å². The minimum Gasteiger partial charge on any atom is -0.481 e. The van der Waals surface area contributed by atoms with E-state index in [-0.39, 0.29) is 5.91 Å². The third-order valence-electron chi connectivity index (χ3n) is 4.17. The van der Waals surface area contributed by atoms with Gasteiger partial charge >= 0.3 is 5.97 Å². The number of carbonyl (C=O) groups excluding carboxylic acids is 1. The van der Waals surface area contributed by atoms with Gasteiger partial charge in [0.2, 0.25) is 5.91 Å². The Morgan fingerprint density at radius 1 is 1.40 bits per heavy atom. The molecule has 1 saturated heterocycles. The Morgan fingerprint density at radius 3 is 2.65 bits per heavy atom. The van der Waals surface area contributed by atoms with E-state index in [1.165, 1.54) is 0 Å². The van der Waals surface area contributed by atoms with Crippen LogP contribution in [0.2, 0.25) is 0 Å². The van der Waals surface area contributed by atoms with Crippen molar-refractivity contribution in [1.82, 2.24) is 5.32 Å². The second-order valence-corrected chi connectivity index (χ2v) is 5.40. The van der Waals surface area contributed by atoms with E-state index >= 15 is 0 Å². The molecule has 1 aliphatic carbocycles. The smallest absolute Gasteiger partial charge is 0.307 e. The number of amides is 1. The van der Waals surface area contributed by atoms with Crippen molar-refractivity contribution in [2.75, 3.05) is 26.9 Å². The highest BCUT2D eigenvalue weighted by Gasteiger charge is 2.38. The van der Waals surface area contributed by atoms with Crippen LogP contribution in [0.3, 0.4) is 0 Å². The van der Waals surface area contributed by atoms with Crippen LogP contribution >= 0.6 is 0 Å². The fourth-order valence-corrected chi connectivity index (χ4v) is 2.72. The predicted molar refractivity (Wildman–Crippen MR) is 71.2 cm³/mol. The van der Waals surface area contributed by atoms with Crippen LogP contribution in [0.25, 0.3) is 0 Å². The molecule has 1 fully saturated rings. The normalized spacial score (nSPS) is 33.0. The number of hydrogen-bond donors (Lipinski definition) is 2. The fraction of sp³-hybridized carbons (Fsp3) is 0.714. The lowest BCUT2D eigenvalue weighted by Gasteiger charge is -2.29. The first kappa shape index (κ1) is 15.0. The van der Waals surface area contributed by atoms with Gasteiger partial charge in [-0.3, -0.25) is 9.59 Å². The molecule has 0 saturated carbocycles. The minimum atomic E-state index is -0.917. The monoisotopic (exact) mass is 283 g/mol.